The molecular weight excluding hydrogens is 278 g/mol. The molecule has 1 saturated carbocycles. The highest BCUT2D eigenvalue weighted by atomic mass is 16.2. The van der Waals surface area contributed by atoms with Crippen LogP contribution < -0.4 is 0 Å². The van der Waals surface area contributed by atoms with Crippen LogP contribution in [0.3, 0.4) is 0 Å². The van der Waals surface area contributed by atoms with Crippen molar-refractivity contribution in [3.05, 3.63) is 35.9 Å². The van der Waals surface area contributed by atoms with Crippen molar-refractivity contribution in [1.82, 2.24) is 24.9 Å². The molecule has 1 aliphatic carbocycles. The quantitative estimate of drug-likeness (QED) is 0.850. The van der Waals surface area contributed by atoms with Crippen molar-refractivity contribution in [1.29, 1.82) is 0 Å². The Bertz CT molecular complexity index is 718. The van der Waals surface area contributed by atoms with Gasteiger partial charge >= 0.3 is 0 Å². The average Bonchev–Trinajstić information content (AvgIpc) is 2.99. The molecule has 5 rings (SSSR count). The van der Waals surface area contributed by atoms with Crippen LogP contribution in [0.15, 0.2) is 24.5 Å². The van der Waals surface area contributed by atoms with Crippen LogP contribution >= 0.6 is 0 Å². The molecule has 2 bridgehead atoms. The first-order valence-electron chi connectivity index (χ1n) is 7.73. The van der Waals surface area contributed by atoms with Crippen LogP contribution in [0.1, 0.15) is 42.4 Å². The molecule has 2 aromatic heterocycles. The minimum Gasteiger partial charge on any atom is -0.332 e. The van der Waals surface area contributed by atoms with Gasteiger partial charge in [0.05, 0.1) is 12.4 Å². The molecule has 0 radical (unpaired) electrons. The number of fused-ring (bicyclic) bond motifs is 2. The molecule has 2 aromatic rings. The van der Waals surface area contributed by atoms with E-state index in [1.54, 1.807) is 12.4 Å². The lowest BCUT2D eigenvalue weighted by atomic mass is 9.63. The Morgan fingerprint density at radius 3 is 2.68 bits per heavy atom. The van der Waals surface area contributed by atoms with Crippen LogP contribution in [0.5, 0.6) is 0 Å². The van der Waals surface area contributed by atoms with Crippen molar-refractivity contribution < 1.29 is 4.79 Å². The van der Waals surface area contributed by atoms with Gasteiger partial charge in [-0.1, -0.05) is 0 Å². The maximum absolute atomic E-state index is 13.1. The molecule has 6 heteroatoms. The van der Waals surface area contributed by atoms with Crippen LogP contribution in [0.25, 0.3) is 5.69 Å². The number of rotatable bonds is 2. The number of nitrogens with zero attached hydrogens (tertiary/aromatic N) is 5. The van der Waals surface area contributed by atoms with Gasteiger partial charge in [-0.3, -0.25) is 4.79 Å². The smallest absolute Gasteiger partial charge is 0.275 e. The van der Waals surface area contributed by atoms with E-state index < -0.39 is 0 Å². The number of amides is 1. The Balaban J connectivity index is 1.75. The number of hydrogen-bond donors (Lipinski definition) is 0. The zero-order valence-electron chi connectivity index (χ0n) is 12.9. The summed E-state index contributed by atoms with van der Waals surface area (Å²) in [4.78, 5) is 21.1. The molecule has 3 aliphatic rings. The fourth-order valence-corrected chi connectivity index (χ4v) is 3.87. The molecule has 2 aliphatic heterocycles. The van der Waals surface area contributed by atoms with Gasteiger partial charge in [-0.25, -0.2) is 4.98 Å². The number of hydrogen-bond acceptors (Lipinski definition) is 4. The van der Waals surface area contributed by atoms with E-state index in [9.17, 15) is 4.79 Å². The molecule has 3 fully saturated rings. The normalized spacial score (nSPS) is 26.6. The van der Waals surface area contributed by atoms with Gasteiger partial charge in [-0.2, -0.15) is 10.2 Å². The fraction of sp³-hybridized carbons (Fsp3) is 0.500. The first kappa shape index (κ1) is 13.4. The summed E-state index contributed by atoms with van der Waals surface area (Å²) in [6.45, 7) is 4.90. The van der Waals surface area contributed by atoms with Gasteiger partial charge in [0.15, 0.2) is 5.69 Å². The Hall–Kier alpha value is -2.24. The fourth-order valence-electron chi connectivity index (χ4n) is 3.87. The molecule has 1 amide bonds. The van der Waals surface area contributed by atoms with Crippen molar-refractivity contribution in [3.8, 4) is 5.69 Å². The van der Waals surface area contributed by atoms with E-state index in [1.807, 2.05) is 24.0 Å². The minimum absolute atomic E-state index is 0.000239. The lowest BCUT2D eigenvalue weighted by molar-refractivity contribution is -0.0455. The molecule has 4 heterocycles. The van der Waals surface area contributed by atoms with Gasteiger partial charge in [-0.05, 0) is 51.2 Å². The van der Waals surface area contributed by atoms with Gasteiger partial charge in [0.1, 0.15) is 5.69 Å². The van der Waals surface area contributed by atoms with Gasteiger partial charge in [0.25, 0.3) is 5.91 Å². The number of aromatic nitrogens is 4. The van der Waals surface area contributed by atoms with E-state index in [4.69, 9.17) is 0 Å². The van der Waals surface area contributed by atoms with Crippen molar-refractivity contribution in [2.45, 2.75) is 38.6 Å². The van der Waals surface area contributed by atoms with Crippen LogP contribution in [-0.4, -0.2) is 42.9 Å². The minimum atomic E-state index is -0.00310. The summed E-state index contributed by atoms with van der Waals surface area (Å²) in [5.74, 6) is 0.795. The molecule has 6 nitrogen and oxygen atoms in total. The zero-order valence-corrected chi connectivity index (χ0v) is 12.9. The number of pyridine rings is 1. The molecule has 114 valence electrons. The predicted molar refractivity (Wildman–Crippen MR) is 80.7 cm³/mol. The predicted octanol–water partition coefficient (Wildman–Crippen LogP) is 1.99. The molecule has 0 spiro atoms. The van der Waals surface area contributed by atoms with Gasteiger partial charge in [0.2, 0.25) is 0 Å². The SMILES string of the molecule is Cc1ccc(-n2nccn2)c(C(=O)N2CCC3CC2(C)C3)n1. The standard InChI is InChI=1S/C16H19N5O/c1-11-3-4-13(21-17-6-7-18-21)14(19-11)15(22)20-8-5-12-9-16(20,2)10-12/h3-4,6-7,12H,5,8-10H2,1-2H3. The maximum atomic E-state index is 13.1. The summed E-state index contributed by atoms with van der Waals surface area (Å²) >= 11 is 0. The lowest BCUT2D eigenvalue weighted by Crippen LogP contribution is -2.62. The Kier molecular flexibility index (Phi) is 2.82. The molecule has 22 heavy (non-hydrogen) atoms. The van der Waals surface area contributed by atoms with Gasteiger partial charge < -0.3 is 4.90 Å². The summed E-state index contributed by atoms with van der Waals surface area (Å²) in [7, 11) is 0. The second kappa shape index (κ2) is 4.63. The molecule has 2 saturated heterocycles. The Morgan fingerprint density at radius 1 is 1.27 bits per heavy atom. The van der Waals surface area contributed by atoms with E-state index in [-0.39, 0.29) is 11.4 Å². The second-order valence-electron chi connectivity index (χ2n) is 6.66. The van der Waals surface area contributed by atoms with E-state index >= 15 is 0 Å². The van der Waals surface area contributed by atoms with Crippen molar-refractivity contribution >= 4 is 5.91 Å². The van der Waals surface area contributed by atoms with E-state index in [0.29, 0.717) is 11.4 Å². The average molecular weight is 297 g/mol. The maximum Gasteiger partial charge on any atom is 0.275 e. The van der Waals surface area contributed by atoms with Crippen molar-refractivity contribution in [3.63, 3.8) is 0 Å². The topological polar surface area (TPSA) is 63.9 Å². The first-order chi connectivity index (χ1) is 10.6. The molecule has 0 aromatic carbocycles. The molecule has 0 N–H and O–H groups in total. The Morgan fingerprint density at radius 2 is 2.00 bits per heavy atom. The third-order valence-corrected chi connectivity index (χ3v) is 4.96. The third-order valence-electron chi connectivity index (χ3n) is 4.96. The number of aryl methyl sites for hydroxylation is 1. The first-order valence-corrected chi connectivity index (χ1v) is 7.73. The number of carbonyl (C=O) groups is 1. The zero-order chi connectivity index (χ0) is 15.3. The monoisotopic (exact) mass is 297 g/mol. The highest BCUT2D eigenvalue weighted by molar-refractivity contribution is 5.96. The lowest BCUT2D eigenvalue weighted by Gasteiger charge is -2.57. The van der Waals surface area contributed by atoms with Crippen LogP contribution in [0.2, 0.25) is 0 Å². The summed E-state index contributed by atoms with van der Waals surface area (Å²) in [5.41, 5.74) is 1.92. The summed E-state index contributed by atoms with van der Waals surface area (Å²) in [6, 6.07) is 3.75. The number of piperidine rings is 2. The third kappa shape index (κ3) is 1.94. The molecule has 0 atom stereocenters. The summed E-state index contributed by atoms with van der Waals surface area (Å²) in [6.07, 6.45) is 6.53. The van der Waals surface area contributed by atoms with E-state index in [0.717, 1.165) is 37.4 Å². The van der Waals surface area contributed by atoms with E-state index in [1.165, 1.54) is 4.80 Å². The van der Waals surface area contributed by atoms with E-state index in [2.05, 4.69) is 22.1 Å². The van der Waals surface area contributed by atoms with Crippen LogP contribution in [0.4, 0.5) is 0 Å². The van der Waals surface area contributed by atoms with Crippen molar-refractivity contribution in [2.75, 3.05) is 6.54 Å². The summed E-state index contributed by atoms with van der Waals surface area (Å²) in [5, 5.41) is 8.29. The Labute approximate surface area is 129 Å². The number of carbonyl (C=O) groups excluding carboxylic acids is 1. The van der Waals surface area contributed by atoms with Gasteiger partial charge in [0, 0.05) is 17.8 Å². The largest absolute Gasteiger partial charge is 0.332 e. The van der Waals surface area contributed by atoms with Crippen LogP contribution in [0, 0.1) is 12.8 Å². The second-order valence-corrected chi connectivity index (χ2v) is 6.66. The van der Waals surface area contributed by atoms with Crippen molar-refractivity contribution in [2.24, 2.45) is 5.92 Å². The summed E-state index contributed by atoms with van der Waals surface area (Å²) < 4.78 is 0. The highest BCUT2D eigenvalue weighted by Crippen LogP contribution is 2.48. The molecular formula is C16H19N5O. The molecule has 0 unspecified atom stereocenters. The van der Waals surface area contributed by atoms with Crippen LogP contribution in [-0.2, 0) is 0 Å². The van der Waals surface area contributed by atoms with Gasteiger partial charge in [-0.15, -0.1) is 4.80 Å². The highest BCUT2D eigenvalue weighted by Gasteiger charge is 2.50.